The molecule has 0 fully saturated rings. The van der Waals surface area contributed by atoms with Gasteiger partial charge in [-0.3, -0.25) is 4.79 Å². The molecule has 1 heterocycles. The zero-order valence-electron chi connectivity index (χ0n) is 11.4. The van der Waals surface area contributed by atoms with Crippen LogP contribution in [0.2, 0.25) is 0 Å². The number of nitrogens with zero attached hydrogens (tertiary/aromatic N) is 1. The first kappa shape index (κ1) is 13.4. The van der Waals surface area contributed by atoms with Gasteiger partial charge in [-0.2, -0.15) is 0 Å². The Hall–Kier alpha value is -2.03. The Balaban J connectivity index is 2.15. The van der Waals surface area contributed by atoms with Gasteiger partial charge in [0, 0.05) is 24.7 Å². The van der Waals surface area contributed by atoms with Crippen molar-refractivity contribution in [1.82, 2.24) is 4.90 Å². The second-order valence-electron chi connectivity index (χ2n) is 4.49. The Morgan fingerprint density at radius 3 is 2.95 bits per heavy atom. The monoisotopic (exact) mass is 257 g/mol. The SMILES string of the molecule is C/C=C/C=C/C(=O)N1CCc2cccc(OC)c2C1. The molecule has 0 bridgehead atoms. The van der Waals surface area contributed by atoms with E-state index in [9.17, 15) is 4.79 Å². The Morgan fingerprint density at radius 2 is 2.21 bits per heavy atom. The Labute approximate surface area is 114 Å². The Morgan fingerprint density at radius 1 is 1.37 bits per heavy atom. The van der Waals surface area contributed by atoms with Gasteiger partial charge < -0.3 is 9.64 Å². The van der Waals surface area contributed by atoms with Crippen molar-refractivity contribution in [2.45, 2.75) is 19.9 Å². The number of allylic oxidation sites excluding steroid dienone is 3. The number of ether oxygens (including phenoxy) is 1. The summed E-state index contributed by atoms with van der Waals surface area (Å²) in [5.74, 6) is 0.919. The van der Waals surface area contributed by atoms with Crippen molar-refractivity contribution in [3.05, 3.63) is 53.6 Å². The van der Waals surface area contributed by atoms with Crippen LogP contribution in [0, 0.1) is 0 Å². The van der Waals surface area contributed by atoms with E-state index in [1.165, 1.54) is 5.56 Å². The molecule has 1 amide bonds. The predicted molar refractivity (Wildman–Crippen MR) is 76.1 cm³/mol. The van der Waals surface area contributed by atoms with Crippen LogP contribution in [0.15, 0.2) is 42.5 Å². The van der Waals surface area contributed by atoms with Gasteiger partial charge in [-0.25, -0.2) is 0 Å². The van der Waals surface area contributed by atoms with Crippen molar-refractivity contribution in [2.75, 3.05) is 13.7 Å². The van der Waals surface area contributed by atoms with Gasteiger partial charge in [-0.05, 0) is 25.0 Å². The van der Waals surface area contributed by atoms with E-state index < -0.39 is 0 Å². The Kier molecular flexibility index (Phi) is 4.39. The van der Waals surface area contributed by atoms with E-state index in [0.29, 0.717) is 6.54 Å². The second kappa shape index (κ2) is 6.23. The minimum Gasteiger partial charge on any atom is -0.496 e. The number of carbonyl (C=O) groups excluding carboxylic acids is 1. The molecule has 0 unspecified atom stereocenters. The number of benzene rings is 1. The fraction of sp³-hybridized carbons (Fsp3) is 0.312. The van der Waals surface area contributed by atoms with Crippen LogP contribution in [0.5, 0.6) is 5.75 Å². The quantitative estimate of drug-likeness (QED) is 0.615. The van der Waals surface area contributed by atoms with E-state index in [-0.39, 0.29) is 5.91 Å². The molecule has 1 aromatic carbocycles. The number of hydrogen-bond acceptors (Lipinski definition) is 2. The van der Waals surface area contributed by atoms with E-state index in [0.717, 1.165) is 24.3 Å². The second-order valence-corrected chi connectivity index (χ2v) is 4.49. The summed E-state index contributed by atoms with van der Waals surface area (Å²) in [6, 6.07) is 6.05. The Bertz CT molecular complexity index is 503. The van der Waals surface area contributed by atoms with Gasteiger partial charge in [0.25, 0.3) is 0 Å². The third-order valence-electron chi connectivity index (χ3n) is 3.30. The van der Waals surface area contributed by atoms with E-state index in [1.54, 1.807) is 19.3 Å². The van der Waals surface area contributed by atoms with E-state index in [4.69, 9.17) is 4.74 Å². The molecule has 0 saturated heterocycles. The summed E-state index contributed by atoms with van der Waals surface area (Å²) in [7, 11) is 1.67. The number of fused-ring (bicyclic) bond motifs is 1. The van der Waals surface area contributed by atoms with Gasteiger partial charge >= 0.3 is 0 Å². The lowest BCUT2D eigenvalue weighted by molar-refractivity contribution is -0.126. The molecule has 0 saturated carbocycles. The summed E-state index contributed by atoms with van der Waals surface area (Å²) in [5.41, 5.74) is 2.41. The van der Waals surface area contributed by atoms with Gasteiger partial charge in [0.2, 0.25) is 5.91 Å². The maximum Gasteiger partial charge on any atom is 0.246 e. The number of carbonyl (C=O) groups is 1. The average molecular weight is 257 g/mol. The van der Waals surface area contributed by atoms with Crippen molar-refractivity contribution in [3.8, 4) is 5.75 Å². The number of methoxy groups -OCH3 is 1. The minimum atomic E-state index is 0.0506. The third kappa shape index (κ3) is 3.05. The summed E-state index contributed by atoms with van der Waals surface area (Å²) >= 11 is 0. The molecule has 3 heteroatoms. The van der Waals surface area contributed by atoms with Gasteiger partial charge in [0.05, 0.1) is 7.11 Å². The molecule has 2 rings (SSSR count). The van der Waals surface area contributed by atoms with Crippen LogP contribution >= 0.6 is 0 Å². The zero-order chi connectivity index (χ0) is 13.7. The lowest BCUT2D eigenvalue weighted by Crippen LogP contribution is -2.35. The minimum absolute atomic E-state index is 0.0506. The van der Waals surface area contributed by atoms with Gasteiger partial charge in [-0.1, -0.05) is 30.4 Å². The number of amides is 1. The van der Waals surface area contributed by atoms with Crippen molar-refractivity contribution >= 4 is 5.91 Å². The largest absolute Gasteiger partial charge is 0.496 e. The highest BCUT2D eigenvalue weighted by atomic mass is 16.5. The summed E-state index contributed by atoms with van der Waals surface area (Å²) < 4.78 is 5.37. The molecule has 0 spiro atoms. The maximum atomic E-state index is 12.0. The van der Waals surface area contributed by atoms with Crippen LogP contribution in [0.4, 0.5) is 0 Å². The number of hydrogen-bond donors (Lipinski definition) is 0. The molecule has 0 atom stereocenters. The van der Waals surface area contributed by atoms with Crippen LogP contribution in [0.25, 0.3) is 0 Å². The molecule has 0 aromatic heterocycles. The van der Waals surface area contributed by atoms with Crippen molar-refractivity contribution in [2.24, 2.45) is 0 Å². The first-order chi connectivity index (χ1) is 9.26. The molecular formula is C16H19NO2. The highest BCUT2D eigenvalue weighted by molar-refractivity contribution is 5.88. The summed E-state index contributed by atoms with van der Waals surface area (Å²) in [6.07, 6.45) is 8.03. The van der Waals surface area contributed by atoms with E-state index in [1.807, 2.05) is 36.1 Å². The first-order valence-corrected chi connectivity index (χ1v) is 6.49. The molecule has 1 aromatic rings. The highest BCUT2D eigenvalue weighted by Crippen LogP contribution is 2.27. The van der Waals surface area contributed by atoms with Gasteiger partial charge in [0.1, 0.15) is 5.75 Å². The lowest BCUT2D eigenvalue weighted by atomic mass is 9.99. The van der Waals surface area contributed by atoms with E-state index in [2.05, 4.69) is 6.07 Å². The van der Waals surface area contributed by atoms with E-state index >= 15 is 0 Å². The van der Waals surface area contributed by atoms with Crippen LogP contribution in [-0.4, -0.2) is 24.5 Å². The standard InChI is InChI=1S/C16H19NO2/c1-3-4-5-9-16(18)17-11-10-13-7-6-8-15(19-2)14(13)12-17/h3-9H,10-12H2,1-2H3/b4-3+,9-5+. The summed E-state index contributed by atoms with van der Waals surface area (Å²) in [6.45, 7) is 3.31. The average Bonchev–Trinajstić information content (AvgIpc) is 2.46. The molecule has 19 heavy (non-hydrogen) atoms. The summed E-state index contributed by atoms with van der Waals surface area (Å²) in [4.78, 5) is 13.9. The molecule has 0 radical (unpaired) electrons. The van der Waals surface area contributed by atoms with Gasteiger partial charge in [-0.15, -0.1) is 0 Å². The van der Waals surface area contributed by atoms with Crippen molar-refractivity contribution in [1.29, 1.82) is 0 Å². The van der Waals surface area contributed by atoms with Crippen LogP contribution in [0.3, 0.4) is 0 Å². The predicted octanol–water partition coefficient (Wildman–Crippen LogP) is 2.71. The molecule has 3 nitrogen and oxygen atoms in total. The normalized spacial score (nSPS) is 14.9. The maximum absolute atomic E-state index is 12.0. The smallest absolute Gasteiger partial charge is 0.246 e. The topological polar surface area (TPSA) is 29.5 Å². The molecule has 100 valence electrons. The molecular weight excluding hydrogens is 238 g/mol. The lowest BCUT2D eigenvalue weighted by Gasteiger charge is -2.29. The fourth-order valence-electron chi connectivity index (χ4n) is 2.28. The van der Waals surface area contributed by atoms with Crippen LogP contribution in [-0.2, 0) is 17.8 Å². The van der Waals surface area contributed by atoms with Crippen LogP contribution in [0.1, 0.15) is 18.1 Å². The molecule has 1 aliphatic rings. The summed E-state index contributed by atoms with van der Waals surface area (Å²) in [5, 5.41) is 0. The third-order valence-corrected chi connectivity index (χ3v) is 3.30. The highest BCUT2D eigenvalue weighted by Gasteiger charge is 2.21. The first-order valence-electron chi connectivity index (χ1n) is 6.49. The van der Waals surface area contributed by atoms with Crippen LogP contribution < -0.4 is 4.74 Å². The molecule has 0 N–H and O–H groups in total. The molecule has 1 aliphatic heterocycles. The van der Waals surface area contributed by atoms with Crippen molar-refractivity contribution < 1.29 is 9.53 Å². The molecule has 0 aliphatic carbocycles. The van der Waals surface area contributed by atoms with Gasteiger partial charge in [0.15, 0.2) is 0 Å². The fourth-order valence-corrected chi connectivity index (χ4v) is 2.28. The van der Waals surface area contributed by atoms with Crippen molar-refractivity contribution in [3.63, 3.8) is 0 Å². The zero-order valence-corrected chi connectivity index (χ0v) is 11.4. The number of rotatable bonds is 3.